The van der Waals surface area contributed by atoms with Crippen LogP contribution in [-0.2, 0) is 0 Å². The summed E-state index contributed by atoms with van der Waals surface area (Å²) >= 11 is 2.02. The predicted octanol–water partition coefficient (Wildman–Crippen LogP) is 11.9. The number of hydrogen-bond donors (Lipinski definition) is 2. The van der Waals surface area contributed by atoms with Gasteiger partial charge in [0.1, 0.15) is 12.0 Å². The van der Waals surface area contributed by atoms with E-state index in [0.717, 1.165) is 56.3 Å². The van der Waals surface area contributed by atoms with Crippen LogP contribution in [0.1, 0.15) is 80.9 Å². The SMILES string of the molecule is CC1(C2CCC(c3cccc(-c4ccccc4)c3)=CC2C2NC(c3ccccc3)=NC(C3C=CC=CC3)N2)C=c2sc3cc4c(cc3c2=CC1)C1C=CCCC1N4C1=CCCC=C1. The Morgan fingerprint density at radius 2 is 1.62 bits per heavy atom. The smallest absolute Gasteiger partial charge is 0.131 e. The van der Waals surface area contributed by atoms with Crippen LogP contribution in [0.4, 0.5) is 5.69 Å². The molecule has 5 heteroatoms. The Morgan fingerprint density at radius 3 is 2.44 bits per heavy atom. The highest BCUT2D eigenvalue weighted by Gasteiger charge is 2.45. The average molecular weight is 841 g/mol. The Hall–Kier alpha value is -5.75. The Kier molecular flexibility index (Phi) is 9.94. The second-order valence-corrected chi connectivity index (χ2v) is 20.2. The molecule has 0 saturated carbocycles. The Bertz CT molecular complexity index is 2930. The van der Waals surface area contributed by atoms with E-state index in [2.05, 4.69) is 192 Å². The highest BCUT2D eigenvalue weighted by atomic mass is 32.1. The highest BCUT2D eigenvalue weighted by molar-refractivity contribution is 7.17. The maximum Gasteiger partial charge on any atom is 0.131 e. The van der Waals surface area contributed by atoms with Gasteiger partial charge in [0.05, 0.1) is 6.17 Å². The third-order valence-electron chi connectivity index (χ3n) is 15.2. The number of rotatable bonds is 7. The van der Waals surface area contributed by atoms with Crippen molar-refractivity contribution in [2.24, 2.45) is 28.2 Å². The predicted molar refractivity (Wildman–Crippen MR) is 266 cm³/mol. The highest BCUT2D eigenvalue weighted by Crippen LogP contribution is 2.51. The first kappa shape index (κ1) is 38.9. The molecule has 8 atom stereocenters. The van der Waals surface area contributed by atoms with E-state index in [0.29, 0.717) is 23.8 Å². The van der Waals surface area contributed by atoms with E-state index in [1.54, 1.807) is 0 Å². The van der Waals surface area contributed by atoms with Gasteiger partial charge in [-0.1, -0.05) is 153 Å². The fourth-order valence-electron chi connectivity index (χ4n) is 12.0. The standard InChI is InChI=1S/C58H56N4S/c1-58(32-31-46-48-35-47-45-27-14-15-28-51(45)62(44-25-12-5-13-26-44)52(47)36-53(48)63-54(46)37-58)50-30-29-43(42-24-16-23-41(33-42)38-17-6-2-7-18-38)34-49(50)57-60-55(39-19-8-3-9-20-39)59-56(61-57)40-21-10-4-11-22-40/h2-4,6-12,14,16-21,23-27,31,33-37,40,45,49-51,56-57,61H,5,13,15,22,28-30,32H2,1H3,(H,59,60). The van der Waals surface area contributed by atoms with Gasteiger partial charge in [0.15, 0.2) is 0 Å². The van der Waals surface area contributed by atoms with Gasteiger partial charge in [-0.3, -0.25) is 5.32 Å². The number of allylic oxidation sites excluding steroid dienone is 8. The second kappa shape index (κ2) is 16.1. The van der Waals surface area contributed by atoms with Crippen LogP contribution in [0.2, 0.25) is 0 Å². The third-order valence-corrected chi connectivity index (χ3v) is 16.4. The summed E-state index contributed by atoms with van der Waals surface area (Å²) in [5, 5.41) is 11.1. The first-order valence-electron chi connectivity index (χ1n) is 23.5. The summed E-state index contributed by atoms with van der Waals surface area (Å²) in [6.45, 7) is 2.56. The summed E-state index contributed by atoms with van der Waals surface area (Å²) in [5.74, 6) is 2.34. The maximum atomic E-state index is 5.40. The van der Waals surface area contributed by atoms with Crippen molar-refractivity contribution in [1.82, 2.24) is 10.6 Å². The van der Waals surface area contributed by atoms with Gasteiger partial charge < -0.3 is 10.2 Å². The molecule has 0 fully saturated rings. The summed E-state index contributed by atoms with van der Waals surface area (Å²) in [5.41, 5.74) is 10.7. The van der Waals surface area contributed by atoms with E-state index in [4.69, 9.17) is 4.99 Å². The molecule has 0 amide bonds. The number of aliphatic imine (C=N–C) groups is 1. The van der Waals surface area contributed by atoms with Crippen molar-refractivity contribution in [3.05, 3.63) is 190 Å². The monoisotopic (exact) mass is 840 g/mol. The van der Waals surface area contributed by atoms with Crippen molar-refractivity contribution >= 4 is 50.7 Å². The second-order valence-electron chi connectivity index (χ2n) is 19.1. The molecule has 4 nitrogen and oxygen atoms in total. The van der Waals surface area contributed by atoms with Crippen molar-refractivity contribution in [2.75, 3.05) is 4.90 Å². The molecule has 8 unspecified atom stereocenters. The van der Waals surface area contributed by atoms with Gasteiger partial charge in [-0.2, -0.15) is 0 Å². The fourth-order valence-corrected chi connectivity index (χ4v) is 13.3. The molecule has 3 heterocycles. The summed E-state index contributed by atoms with van der Waals surface area (Å²) in [4.78, 5) is 8.10. The van der Waals surface area contributed by atoms with Crippen LogP contribution in [0.25, 0.3) is 38.9 Å². The molecule has 7 aliphatic rings. The van der Waals surface area contributed by atoms with Gasteiger partial charge in [-0.25, -0.2) is 4.99 Å². The molecule has 4 aromatic carbocycles. The van der Waals surface area contributed by atoms with Crippen molar-refractivity contribution in [1.29, 1.82) is 0 Å². The molecule has 63 heavy (non-hydrogen) atoms. The zero-order valence-corrected chi connectivity index (χ0v) is 37.0. The number of fused-ring (bicyclic) bond motifs is 6. The van der Waals surface area contributed by atoms with E-state index in [-0.39, 0.29) is 23.7 Å². The lowest BCUT2D eigenvalue weighted by atomic mass is 9.62. The van der Waals surface area contributed by atoms with E-state index < -0.39 is 0 Å². The van der Waals surface area contributed by atoms with E-state index >= 15 is 0 Å². The van der Waals surface area contributed by atoms with Crippen LogP contribution < -0.4 is 25.3 Å². The molecule has 0 bridgehead atoms. The first-order chi connectivity index (χ1) is 31.1. The zero-order valence-electron chi connectivity index (χ0n) is 36.2. The minimum absolute atomic E-state index is 0.00208. The minimum atomic E-state index is -0.0377. The summed E-state index contributed by atoms with van der Waals surface area (Å²) < 4.78 is 2.86. The lowest BCUT2D eigenvalue weighted by molar-refractivity contribution is 0.145. The van der Waals surface area contributed by atoms with Crippen LogP contribution in [0.15, 0.2) is 169 Å². The molecule has 314 valence electrons. The minimum Gasteiger partial charge on any atom is -0.354 e. The third kappa shape index (κ3) is 7.05. The van der Waals surface area contributed by atoms with Crippen LogP contribution in [0, 0.1) is 23.2 Å². The molecule has 1 aromatic heterocycles. The number of thiophene rings is 1. The molecule has 12 rings (SSSR count). The van der Waals surface area contributed by atoms with Crippen LogP contribution in [0.3, 0.4) is 0 Å². The number of amidine groups is 1. The summed E-state index contributed by atoms with van der Waals surface area (Å²) in [6, 6.07) is 36.5. The summed E-state index contributed by atoms with van der Waals surface area (Å²) in [6.07, 6.45) is 37.9. The molecular weight excluding hydrogens is 785 g/mol. The molecule has 0 spiro atoms. The van der Waals surface area contributed by atoms with Gasteiger partial charge >= 0.3 is 0 Å². The van der Waals surface area contributed by atoms with Crippen LogP contribution >= 0.6 is 11.3 Å². The van der Waals surface area contributed by atoms with E-state index in [1.165, 1.54) is 65.5 Å². The number of hydrogen-bond acceptors (Lipinski definition) is 5. The average Bonchev–Trinajstić information content (AvgIpc) is 3.87. The number of benzene rings is 4. The molecule has 0 saturated heterocycles. The zero-order chi connectivity index (χ0) is 41.9. The van der Waals surface area contributed by atoms with Crippen molar-refractivity contribution in [2.45, 2.75) is 82.6 Å². The van der Waals surface area contributed by atoms with Gasteiger partial charge in [0.2, 0.25) is 0 Å². The van der Waals surface area contributed by atoms with Crippen molar-refractivity contribution < 1.29 is 0 Å². The van der Waals surface area contributed by atoms with Gasteiger partial charge in [0.25, 0.3) is 0 Å². The number of nitrogens with zero attached hydrogens (tertiary/aromatic N) is 2. The topological polar surface area (TPSA) is 39.7 Å². The summed E-state index contributed by atoms with van der Waals surface area (Å²) in [7, 11) is 0. The quantitative estimate of drug-likeness (QED) is 0.160. The fraction of sp³-hybridized carbons (Fsp3) is 0.293. The number of anilines is 1. The van der Waals surface area contributed by atoms with Gasteiger partial charge in [-0.05, 0) is 120 Å². The van der Waals surface area contributed by atoms with Crippen LogP contribution in [0.5, 0.6) is 0 Å². The lowest BCUT2D eigenvalue weighted by Crippen LogP contribution is -2.61. The van der Waals surface area contributed by atoms with E-state index in [1.807, 2.05) is 11.3 Å². The lowest BCUT2D eigenvalue weighted by Gasteiger charge is -2.47. The van der Waals surface area contributed by atoms with Crippen molar-refractivity contribution in [3.63, 3.8) is 0 Å². The number of nitrogens with one attached hydrogen (secondary N) is 2. The largest absolute Gasteiger partial charge is 0.354 e. The normalized spacial score (nSPS) is 29.4. The molecular formula is C58H56N4S. The van der Waals surface area contributed by atoms with Crippen molar-refractivity contribution in [3.8, 4) is 11.1 Å². The molecule has 2 N–H and O–H groups in total. The molecule has 0 radical (unpaired) electrons. The Balaban J connectivity index is 0.951. The maximum absolute atomic E-state index is 5.40. The molecule has 2 aliphatic heterocycles. The van der Waals surface area contributed by atoms with Gasteiger partial charge in [-0.15, -0.1) is 11.3 Å². The van der Waals surface area contributed by atoms with E-state index in [9.17, 15) is 0 Å². The Labute approximate surface area is 376 Å². The Morgan fingerprint density at radius 1 is 0.778 bits per heavy atom. The molecule has 5 aromatic rings. The molecule has 5 aliphatic carbocycles. The van der Waals surface area contributed by atoms with Crippen LogP contribution in [-0.4, -0.2) is 24.2 Å². The first-order valence-corrected chi connectivity index (χ1v) is 24.4. The van der Waals surface area contributed by atoms with Gasteiger partial charge in [0, 0.05) is 55.4 Å².